The van der Waals surface area contributed by atoms with Crippen molar-refractivity contribution in [3.05, 3.63) is 0 Å². The van der Waals surface area contributed by atoms with Gasteiger partial charge in [0, 0.05) is 13.1 Å². The van der Waals surface area contributed by atoms with E-state index >= 15 is 0 Å². The van der Waals surface area contributed by atoms with Gasteiger partial charge < -0.3 is 0 Å². The summed E-state index contributed by atoms with van der Waals surface area (Å²) in [5, 5.41) is 0. The minimum Gasteiger partial charge on any atom is -0.212 e. The van der Waals surface area contributed by atoms with Crippen LogP contribution in [0.5, 0.6) is 0 Å². The maximum absolute atomic E-state index is 12.2. The number of hydrogen-bond acceptors (Lipinski definition) is 2. The highest BCUT2D eigenvalue weighted by molar-refractivity contribution is 7.89. The zero-order valence-corrected chi connectivity index (χ0v) is 11.1. The van der Waals surface area contributed by atoms with Crippen molar-refractivity contribution < 1.29 is 21.6 Å². The van der Waals surface area contributed by atoms with Crippen molar-refractivity contribution >= 4 is 10.0 Å². The average molecular weight is 275 g/mol. The van der Waals surface area contributed by atoms with Crippen LogP contribution in [0.4, 0.5) is 13.2 Å². The van der Waals surface area contributed by atoms with E-state index in [1.165, 1.54) is 0 Å². The second-order valence-electron chi connectivity index (χ2n) is 3.98. The maximum atomic E-state index is 12.2. The van der Waals surface area contributed by atoms with E-state index in [1.807, 2.05) is 13.8 Å². The molecule has 0 saturated heterocycles. The Labute approximate surface area is 101 Å². The van der Waals surface area contributed by atoms with Crippen molar-refractivity contribution in [2.75, 3.05) is 18.8 Å². The van der Waals surface area contributed by atoms with E-state index in [0.717, 1.165) is 17.1 Å². The molecule has 0 rings (SSSR count). The fraction of sp³-hybridized carbons (Fsp3) is 1.00. The number of rotatable bonds is 8. The SMILES string of the molecule is CCCCN(CCCC)S(=O)(=O)CC(F)(F)F. The maximum Gasteiger partial charge on any atom is 0.404 e. The van der Waals surface area contributed by atoms with E-state index in [2.05, 4.69) is 0 Å². The molecule has 0 fully saturated rings. The van der Waals surface area contributed by atoms with Gasteiger partial charge in [-0.1, -0.05) is 26.7 Å². The number of hydrogen-bond donors (Lipinski definition) is 0. The van der Waals surface area contributed by atoms with Gasteiger partial charge in [-0.05, 0) is 12.8 Å². The van der Waals surface area contributed by atoms with Crippen LogP contribution in [0.25, 0.3) is 0 Å². The summed E-state index contributed by atoms with van der Waals surface area (Å²) in [5.74, 6) is -1.76. The molecule has 3 nitrogen and oxygen atoms in total. The quantitative estimate of drug-likeness (QED) is 0.683. The molecule has 0 heterocycles. The van der Waals surface area contributed by atoms with Gasteiger partial charge in [-0.3, -0.25) is 0 Å². The van der Waals surface area contributed by atoms with Crippen LogP contribution in [-0.2, 0) is 10.0 Å². The van der Waals surface area contributed by atoms with E-state index in [-0.39, 0.29) is 13.1 Å². The lowest BCUT2D eigenvalue weighted by Crippen LogP contribution is -2.39. The molecule has 0 aromatic heterocycles. The Bertz CT molecular complexity index is 293. The molecule has 0 aliphatic heterocycles. The van der Waals surface area contributed by atoms with E-state index in [0.29, 0.717) is 12.8 Å². The smallest absolute Gasteiger partial charge is 0.212 e. The third-order valence-electron chi connectivity index (χ3n) is 2.26. The summed E-state index contributed by atoms with van der Waals surface area (Å²) in [6, 6.07) is 0. The van der Waals surface area contributed by atoms with Crippen molar-refractivity contribution in [2.24, 2.45) is 0 Å². The second kappa shape index (κ2) is 7.20. The molecular weight excluding hydrogens is 255 g/mol. The van der Waals surface area contributed by atoms with Gasteiger partial charge in [-0.2, -0.15) is 13.2 Å². The third-order valence-corrected chi connectivity index (χ3v) is 4.11. The highest BCUT2D eigenvalue weighted by Crippen LogP contribution is 2.20. The number of alkyl halides is 3. The molecule has 0 spiro atoms. The fourth-order valence-electron chi connectivity index (χ4n) is 1.36. The van der Waals surface area contributed by atoms with Crippen LogP contribution in [0.1, 0.15) is 39.5 Å². The summed E-state index contributed by atoms with van der Waals surface area (Å²) in [5.41, 5.74) is 0. The first-order valence-corrected chi connectivity index (χ1v) is 7.38. The molecule has 0 bridgehead atoms. The monoisotopic (exact) mass is 275 g/mol. The van der Waals surface area contributed by atoms with Crippen molar-refractivity contribution in [1.29, 1.82) is 0 Å². The Kier molecular flexibility index (Phi) is 7.08. The van der Waals surface area contributed by atoms with E-state index in [4.69, 9.17) is 0 Å². The zero-order chi connectivity index (χ0) is 13.5. The van der Waals surface area contributed by atoms with Gasteiger partial charge in [0.05, 0.1) is 0 Å². The normalized spacial score (nSPS) is 13.3. The van der Waals surface area contributed by atoms with Gasteiger partial charge in [0.15, 0.2) is 5.75 Å². The van der Waals surface area contributed by atoms with Crippen LogP contribution in [0.3, 0.4) is 0 Å². The first-order chi connectivity index (χ1) is 7.73. The highest BCUT2D eigenvalue weighted by atomic mass is 32.2. The molecular formula is C10H20F3NO2S. The van der Waals surface area contributed by atoms with Crippen LogP contribution < -0.4 is 0 Å². The Morgan fingerprint density at radius 1 is 1.00 bits per heavy atom. The molecule has 0 unspecified atom stereocenters. The Morgan fingerprint density at radius 3 is 1.71 bits per heavy atom. The lowest BCUT2D eigenvalue weighted by Gasteiger charge is -2.22. The predicted octanol–water partition coefficient (Wildman–Crippen LogP) is 2.78. The van der Waals surface area contributed by atoms with E-state index in [9.17, 15) is 21.6 Å². The summed E-state index contributed by atoms with van der Waals surface area (Å²) in [7, 11) is -4.22. The lowest BCUT2D eigenvalue weighted by molar-refractivity contribution is -0.107. The molecule has 7 heteroatoms. The number of sulfonamides is 1. The second-order valence-corrected chi connectivity index (χ2v) is 5.95. The Morgan fingerprint density at radius 2 is 1.41 bits per heavy atom. The average Bonchev–Trinajstić information content (AvgIpc) is 2.13. The molecule has 0 amide bonds. The molecule has 104 valence electrons. The molecule has 0 aliphatic carbocycles. The molecule has 0 aromatic carbocycles. The first-order valence-electron chi connectivity index (χ1n) is 5.77. The molecule has 0 saturated carbocycles. The summed E-state index contributed by atoms with van der Waals surface area (Å²) in [4.78, 5) is 0. The lowest BCUT2D eigenvalue weighted by atomic mass is 10.3. The summed E-state index contributed by atoms with van der Waals surface area (Å²) in [6.45, 7) is 4.09. The number of nitrogens with zero attached hydrogens (tertiary/aromatic N) is 1. The van der Waals surface area contributed by atoms with Crippen LogP contribution >= 0.6 is 0 Å². The summed E-state index contributed by atoms with van der Waals surface area (Å²) < 4.78 is 60.5. The van der Waals surface area contributed by atoms with Crippen molar-refractivity contribution in [2.45, 2.75) is 45.7 Å². The van der Waals surface area contributed by atoms with Crippen molar-refractivity contribution in [1.82, 2.24) is 4.31 Å². The van der Waals surface area contributed by atoms with Gasteiger partial charge in [0.1, 0.15) is 0 Å². The Balaban J connectivity index is 4.63. The van der Waals surface area contributed by atoms with Gasteiger partial charge in [0.2, 0.25) is 10.0 Å². The van der Waals surface area contributed by atoms with Gasteiger partial charge >= 0.3 is 6.18 Å². The van der Waals surface area contributed by atoms with Gasteiger partial charge in [-0.15, -0.1) is 0 Å². The van der Waals surface area contributed by atoms with Crippen LogP contribution in [0, 0.1) is 0 Å². The Hall–Kier alpha value is -0.300. The van der Waals surface area contributed by atoms with Crippen LogP contribution in [-0.4, -0.2) is 37.7 Å². The molecule has 17 heavy (non-hydrogen) atoms. The van der Waals surface area contributed by atoms with Gasteiger partial charge in [0.25, 0.3) is 0 Å². The largest absolute Gasteiger partial charge is 0.404 e. The van der Waals surface area contributed by atoms with E-state index in [1.54, 1.807) is 0 Å². The van der Waals surface area contributed by atoms with Crippen LogP contribution in [0.15, 0.2) is 0 Å². The predicted molar refractivity (Wildman–Crippen MR) is 61.2 cm³/mol. The summed E-state index contributed by atoms with van der Waals surface area (Å²) >= 11 is 0. The standard InChI is InChI=1S/C10H20F3NO2S/c1-3-5-7-14(8-6-4-2)17(15,16)9-10(11,12)13/h3-9H2,1-2H3. The third kappa shape index (κ3) is 7.59. The molecule has 0 N–H and O–H groups in total. The minimum absolute atomic E-state index is 0.176. The van der Waals surface area contributed by atoms with E-state index < -0.39 is 22.0 Å². The fourth-order valence-corrected chi connectivity index (χ4v) is 2.77. The number of halogens is 3. The summed E-state index contributed by atoms with van der Waals surface area (Å²) in [6.07, 6.45) is -1.99. The molecule has 0 aromatic rings. The minimum atomic E-state index is -4.67. The molecule has 0 aliphatic rings. The van der Waals surface area contributed by atoms with Crippen molar-refractivity contribution in [3.63, 3.8) is 0 Å². The van der Waals surface area contributed by atoms with Crippen LogP contribution in [0.2, 0.25) is 0 Å². The number of unbranched alkanes of at least 4 members (excludes halogenated alkanes) is 2. The van der Waals surface area contributed by atoms with Gasteiger partial charge in [-0.25, -0.2) is 12.7 Å². The van der Waals surface area contributed by atoms with Crippen molar-refractivity contribution in [3.8, 4) is 0 Å². The highest BCUT2D eigenvalue weighted by Gasteiger charge is 2.37. The molecule has 0 radical (unpaired) electrons. The molecule has 0 atom stereocenters. The first kappa shape index (κ1) is 16.7. The zero-order valence-electron chi connectivity index (χ0n) is 10.3. The topological polar surface area (TPSA) is 37.4 Å².